The lowest BCUT2D eigenvalue weighted by atomic mass is 9.98. The zero-order chi connectivity index (χ0) is 12.9. The molecule has 2 aromatic rings. The van der Waals surface area contributed by atoms with Gasteiger partial charge >= 0.3 is 0 Å². The van der Waals surface area contributed by atoms with Crippen molar-refractivity contribution in [3.63, 3.8) is 0 Å². The molecule has 92 valence electrons. The predicted molar refractivity (Wildman–Crippen MR) is 74.7 cm³/mol. The first-order valence-electron chi connectivity index (χ1n) is 6.27. The van der Waals surface area contributed by atoms with E-state index in [-0.39, 0.29) is 0 Å². The number of rotatable bonds is 2. The van der Waals surface area contributed by atoms with E-state index in [0.717, 1.165) is 21.0 Å². The Balaban J connectivity index is 2.37. The maximum Gasteiger partial charge on any atom is 0.208 e. The summed E-state index contributed by atoms with van der Waals surface area (Å²) in [6.45, 7) is 4.29. The highest BCUT2D eigenvalue weighted by Crippen LogP contribution is 2.47. The molecule has 0 spiro atoms. The summed E-state index contributed by atoms with van der Waals surface area (Å²) in [6.07, 6.45) is 2.35. The molecule has 18 heavy (non-hydrogen) atoms. The van der Waals surface area contributed by atoms with Crippen molar-refractivity contribution in [2.45, 2.75) is 38.5 Å². The molecule has 0 saturated heterocycles. The molecule has 0 N–H and O–H groups in total. The van der Waals surface area contributed by atoms with Gasteiger partial charge in [0.2, 0.25) is 5.76 Å². The molecule has 0 atom stereocenters. The normalized spacial score (nSPS) is 15.3. The Morgan fingerprint density at radius 2 is 2.11 bits per heavy atom. The fraction of sp³-hybridized carbons (Fsp3) is 0.400. The summed E-state index contributed by atoms with van der Waals surface area (Å²) in [6, 6.07) is 6.38. The minimum atomic E-state index is 0.384. The number of benzene rings is 1. The molecule has 1 aliphatic rings. The quantitative estimate of drug-likeness (QED) is 0.777. The van der Waals surface area contributed by atoms with E-state index in [1.807, 2.05) is 0 Å². The number of fused-ring (bicyclic) bond motifs is 1. The van der Waals surface area contributed by atoms with E-state index in [9.17, 15) is 5.26 Å². The summed E-state index contributed by atoms with van der Waals surface area (Å²) in [7, 11) is 0. The van der Waals surface area contributed by atoms with Gasteiger partial charge in [0, 0.05) is 15.4 Å². The van der Waals surface area contributed by atoms with Crippen LogP contribution in [0.15, 0.2) is 21.0 Å². The van der Waals surface area contributed by atoms with Crippen LogP contribution in [0.3, 0.4) is 0 Å². The van der Waals surface area contributed by atoms with Crippen molar-refractivity contribution in [2.24, 2.45) is 0 Å². The van der Waals surface area contributed by atoms with Crippen molar-refractivity contribution < 1.29 is 4.42 Å². The third-order valence-corrected chi connectivity index (χ3v) is 3.99. The van der Waals surface area contributed by atoms with E-state index in [1.165, 1.54) is 18.4 Å². The van der Waals surface area contributed by atoms with Crippen LogP contribution in [-0.2, 0) is 0 Å². The molecule has 0 radical (unpaired) electrons. The molecule has 1 aromatic carbocycles. The predicted octanol–water partition coefficient (Wildman–Crippen LogP) is 5.07. The average molecular weight is 304 g/mol. The van der Waals surface area contributed by atoms with Crippen LogP contribution in [0.25, 0.3) is 11.0 Å². The van der Waals surface area contributed by atoms with Crippen LogP contribution < -0.4 is 0 Å². The summed E-state index contributed by atoms with van der Waals surface area (Å²) >= 11 is 3.56. The topological polar surface area (TPSA) is 36.9 Å². The highest BCUT2D eigenvalue weighted by molar-refractivity contribution is 9.10. The highest BCUT2D eigenvalue weighted by Gasteiger charge is 2.32. The van der Waals surface area contributed by atoms with Crippen molar-refractivity contribution in [3.05, 3.63) is 33.5 Å². The second kappa shape index (κ2) is 4.13. The van der Waals surface area contributed by atoms with Crippen molar-refractivity contribution >= 4 is 26.9 Å². The Labute approximate surface area is 115 Å². The molecule has 0 unspecified atom stereocenters. The van der Waals surface area contributed by atoms with Gasteiger partial charge in [-0.1, -0.05) is 29.8 Å². The molecular weight excluding hydrogens is 290 g/mol. The Bertz CT molecular complexity index is 659. The van der Waals surface area contributed by atoms with Crippen LogP contribution in [-0.4, -0.2) is 0 Å². The summed E-state index contributed by atoms with van der Waals surface area (Å²) in [5.74, 6) is 1.41. The number of nitriles is 1. The maximum absolute atomic E-state index is 9.24. The number of nitrogens with zero attached hydrogens (tertiary/aromatic N) is 1. The van der Waals surface area contributed by atoms with Crippen molar-refractivity contribution in [1.29, 1.82) is 5.26 Å². The highest BCUT2D eigenvalue weighted by atomic mass is 79.9. The van der Waals surface area contributed by atoms with Crippen molar-refractivity contribution in [2.75, 3.05) is 0 Å². The zero-order valence-corrected chi connectivity index (χ0v) is 12.0. The van der Waals surface area contributed by atoms with Gasteiger partial charge in [-0.15, -0.1) is 0 Å². The minimum Gasteiger partial charge on any atom is -0.445 e. The summed E-state index contributed by atoms with van der Waals surface area (Å²) in [5, 5.41) is 10.4. The summed E-state index contributed by atoms with van der Waals surface area (Å²) < 4.78 is 6.88. The molecule has 0 amide bonds. The number of hydrogen-bond acceptors (Lipinski definition) is 2. The van der Waals surface area contributed by atoms with Crippen molar-refractivity contribution in [3.8, 4) is 6.07 Å². The largest absolute Gasteiger partial charge is 0.445 e. The van der Waals surface area contributed by atoms with Gasteiger partial charge < -0.3 is 4.42 Å². The van der Waals surface area contributed by atoms with Gasteiger partial charge in [0.25, 0.3) is 0 Å². The van der Waals surface area contributed by atoms with Crippen LogP contribution in [0, 0.1) is 11.3 Å². The molecule has 1 heterocycles. The molecule has 3 heteroatoms. The van der Waals surface area contributed by atoms with Crippen LogP contribution in [0.5, 0.6) is 0 Å². The maximum atomic E-state index is 9.24. The molecule has 3 rings (SSSR count). The fourth-order valence-electron chi connectivity index (χ4n) is 2.50. The Kier molecular flexibility index (Phi) is 2.71. The first-order valence-corrected chi connectivity index (χ1v) is 7.07. The fourth-order valence-corrected chi connectivity index (χ4v) is 2.97. The van der Waals surface area contributed by atoms with Gasteiger partial charge in [-0.3, -0.25) is 0 Å². The van der Waals surface area contributed by atoms with Gasteiger partial charge in [-0.05, 0) is 42.4 Å². The van der Waals surface area contributed by atoms with Crippen molar-refractivity contribution in [1.82, 2.24) is 0 Å². The van der Waals surface area contributed by atoms with E-state index < -0.39 is 0 Å². The first kappa shape index (κ1) is 11.8. The standard InChI is InChI=1S/C15H14BrNO/c1-8(2)11-5-10(16)6-12-14(9-3-4-9)13(7-17)18-15(11)12/h5-6,8-9H,3-4H2,1-2H3. The Hall–Kier alpha value is -1.27. The Morgan fingerprint density at radius 1 is 1.39 bits per heavy atom. The van der Waals surface area contributed by atoms with E-state index in [2.05, 4.69) is 48.0 Å². The van der Waals surface area contributed by atoms with E-state index in [4.69, 9.17) is 4.42 Å². The van der Waals surface area contributed by atoms with Gasteiger partial charge in [-0.2, -0.15) is 5.26 Å². The molecule has 1 saturated carbocycles. The molecular formula is C15H14BrNO. The molecule has 0 aliphatic heterocycles. The van der Waals surface area contributed by atoms with E-state index in [0.29, 0.717) is 17.6 Å². The van der Waals surface area contributed by atoms with E-state index in [1.54, 1.807) is 0 Å². The Morgan fingerprint density at radius 3 is 2.67 bits per heavy atom. The van der Waals surface area contributed by atoms with Crippen LogP contribution in [0.4, 0.5) is 0 Å². The minimum absolute atomic E-state index is 0.384. The lowest BCUT2D eigenvalue weighted by Gasteiger charge is -2.07. The smallest absolute Gasteiger partial charge is 0.208 e. The third-order valence-electron chi connectivity index (χ3n) is 3.53. The zero-order valence-electron chi connectivity index (χ0n) is 10.5. The van der Waals surface area contributed by atoms with E-state index >= 15 is 0 Å². The van der Waals surface area contributed by atoms with Crippen LogP contribution in [0.2, 0.25) is 0 Å². The number of halogens is 1. The molecule has 1 aliphatic carbocycles. The third kappa shape index (κ3) is 1.76. The van der Waals surface area contributed by atoms with Gasteiger partial charge in [0.05, 0.1) is 0 Å². The monoisotopic (exact) mass is 303 g/mol. The van der Waals surface area contributed by atoms with Crippen LogP contribution in [0.1, 0.15) is 55.4 Å². The van der Waals surface area contributed by atoms with Crippen LogP contribution >= 0.6 is 15.9 Å². The van der Waals surface area contributed by atoms with Gasteiger partial charge in [0.15, 0.2) is 0 Å². The summed E-state index contributed by atoms with van der Waals surface area (Å²) in [4.78, 5) is 0. The van der Waals surface area contributed by atoms with Gasteiger partial charge in [-0.25, -0.2) is 0 Å². The summed E-state index contributed by atoms with van der Waals surface area (Å²) in [5.41, 5.74) is 3.19. The second-order valence-electron chi connectivity index (χ2n) is 5.26. The lowest BCUT2D eigenvalue weighted by molar-refractivity contribution is 0.586. The molecule has 1 fully saturated rings. The molecule has 1 aromatic heterocycles. The average Bonchev–Trinajstić information content (AvgIpc) is 3.09. The number of hydrogen-bond donors (Lipinski definition) is 0. The molecule has 0 bridgehead atoms. The first-order chi connectivity index (χ1) is 8.61. The molecule has 2 nitrogen and oxygen atoms in total. The number of furan rings is 1. The lowest BCUT2D eigenvalue weighted by Crippen LogP contribution is -1.88. The second-order valence-corrected chi connectivity index (χ2v) is 6.17. The SMILES string of the molecule is CC(C)c1cc(Br)cc2c(C3CC3)c(C#N)oc12. The van der Waals surface area contributed by atoms with Gasteiger partial charge in [0.1, 0.15) is 11.7 Å².